The molecule has 31 heavy (non-hydrogen) atoms. The molecule has 168 valence electrons. The first kappa shape index (κ1) is 24.0. The standard InChI is InChI=1S/C21H25F3N4O3/c1-7-9-13(8-2)11-28-15-10-14(21(22,23)24)16(26-19(30)27-20(4,5)6)25-17(15)31-12(3)18(28)29/h7-10,12H,1-2,11H2,3-6H3,(H2,25,26,27,30)/b13-9+. The van der Waals surface area contributed by atoms with Gasteiger partial charge in [-0.25, -0.2) is 4.79 Å². The SMILES string of the molecule is C=C/C=C(\C=C)CN1C(=O)C(C)Oc2nc(NC(=O)NC(C)(C)C)c(C(F)(F)F)cc21. The van der Waals surface area contributed by atoms with E-state index in [1.807, 2.05) is 0 Å². The van der Waals surface area contributed by atoms with Crippen LogP contribution in [-0.2, 0) is 11.0 Å². The molecule has 0 saturated carbocycles. The molecule has 7 nitrogen and oxygen atoms in total. The number of nitrogens with zero attached hydrogens (tertiary/aromatic N) is 2. The second kappa shape index (κ2) is 8.83. The minimum absolute atomic E-state index is 0.0503. The normalized spacial score (nSPS) is 16.9. The molecule has 1 aromatic rings. The number of pyridine rings is 1. The summed E-state index contributed by atoms with van der Waals surface area (Å²) in [5.41, 5.74) is -1.49. The van der Waals surface area contributed by atoms with E-state index in [9.17, 15) is 22.8 Å². The van der Waals surface area contributed by atoms with Crippen LogP contribution in [0, 0.1) is 0 Å². The Hall–Kier alpha value is -3.30. The van der Waals surface area contributed by atoms with Gasteiger partial charge in [0.2, 0.25) is 5.88 Å². The van der Waals surface area contributed by atoms with Gasteiger partial charge in [-0.05, 0) is 39.3 Å². The fourth-order valence-electron chi connectivity index (χ4n) is 2.80. The molecule has 1 unspecified atom stereocenters. The van der Waals surface area contributed by atoms with Crippen LogP contribution >= 0.6 is 0 Å². The smallest absolute Gasteiger partial charge is 0.420 e. The highest BCUT2D eigenvalue weighted by Gasteiger charge is 2.40. The molecule has 0 saturated heterocycles. The van der Waals surface area contributed by atoms with E-state index in [2.05, 4.69) is 28.8 Å². The van der Waals surface area contributed by atoms with Crippen molar-refractivity contribution in [2.75, 3.05) is 16.8 Å². The first-order valence-electron chi connectivity index (χ1n) is 9.40. The molecule has 1 aliphatic heterocycles. The largest absolute Gasteiger partial charge is 0.463 e. The third kappa shape index (κ3) is 5.87. The minimum atomic E-state index is -4.84. The van der Waals surface area contributed by atoms with Crippen molar-refractivity contribution in [1.82, 2.24) is 10.3 Å². The lowest BCUT2D eigenvalue weighted by molar-refractivity contribution is -0.137. The first-order valence-corrected chi connectivity index (χ1v) is 9.40. The van der Waals surface area contributed by atoms with E-state index < -0.39 is 41.1 Å². The van der Waals surface area contributed by atoms with Gasteiger partial charge in [0.15, 0.2) is 11.9 Å². The van der Waals surface area contributed by atoms with Crippen LogP contribution in [0.4, 0.5) is 29.5 Å². The number of ether oxygens (including phenoxy) is 1. The van der Waals surface area contributed by atoms with Gasteiger partial charge in [0, 0.05) is 5.54 Å². The lowest BCUT2D eigenvalue weighted by Crippen LogP contribution is -2.46. The van der Waals surface area contributed by atoms with Gasteiger partial charge >= 0.3 is 12.2 Å². The average Bonchev–Trinajstić information content (AvgIpc) is 2.61. The number of anilines is 2. The van der Waals surface area contributed by atoms with E-state index in [1.165, 1.54) is 19.1 Å². The van der Waals surface area contributed by atoms with Crippen LogP contribution < -0.4 is 20.3 Å². The molecule has 10 heteroatoms. The molecule has 0 aromatic carbocycles. The first-order chi connectivity index (χ1) is 14.3. The van der Waals surface area contributed by atoms with Crippen molar-refractivity contribution in [2.45, 2.75) is 45.5 Å². The van der Waals surface area contributed by atoms with Crippen LogP contribution in [0.25, 0.3) is 0 Å². The van der Waals surface area contributed by atoms with Crippen LogP contribution in [0.2, 0.25) is 0 Å². The number of fused-ring (bicyclic) bond motifs is 1. The van der Waals surface area contributed by atoms with Crippen molar-refractivity contribution in [1.29, 1.82) is 0 Å². The second-order valence-corrected chi connectivity index (χ2v) is 7.90. The van der Waals surface area contributed by atoms with Crippen molar-refractivity contribution < 1.29 is 27.5 Å². The van der Waals surface area contributed by atoms with Crippen molar-refractivity contribution >= 4 is 23.4 Å². The van der Waals surface area contributed by atoms with Gasteiger partial charge in [-0.15, -0.1) is 0 Å². The predicted octanol–water partition coefficient (Wildman–Crippen LogP) is 4.43. The highest BCUT2D eigenvalue weighted by atomic mass is 19.4. The number of allylic oxidation sites excluding steroid dienone is 2. The summed E-state index contributed by atoms with van der Waals surface area (Å²) in [6.07, 6.45) is -1.29. The van der Waals surface area contributed by atoms with E-state index in [4.69, 9.17) is 4.74 Å². The maximum atomic E-state index is 13.8. The van der Waals surface area contributed by atoms with E-state index in [1.54, 1.807) is 26.8 Å². The monoisotopic (exact) mass is 438 g/mol. The zero-order valence-corrected chi connectivity index (χ0v) is 17.8. The van der Waals surface area contributed by atoms with E-state index >= 15 is 0 Å². The van der Waals surface area contributed by atoms with E-state index in [0.29, 0.717) is 5.57 Å². The third-order valence-electron chi connectivity index (χ3n) is 4.12. The summed E-state index contributed by atoms with van der Waals surface area (Å²) in [4.78, 5) is 29.8. The zero-order valence-electron chi connectivity index (χ0n) is 17.8. The predicted molar refractivity (Wildman–Crippen MR) is 112 cm³/mol. The quantitative estimate of drug-likeness (QED) is 0.666. The number of amides is 3. The number of hydrogen-bond donors (Lipinski definition) is 2. The number of carbonyl (C=O) groups is 2. The van der Waals surface area contributed by atoms with Crippen LogP contribution in [0.5, 0.6) is 5.88 Å². The van der Waals surface area contributed by atoms with Crippen LogP contribution in [0.1, 0.15) is 33.3 Å². The Morgan fingerprint density at radius 1 is 1.32 bits per heavy atom. The van der Waals surface area contributed by atoms with Gasteiger partial charge in [0.05, 0.1) is 6.54 Å². The molecular formula is C21H25F3N4O3. The number of hydrogen-bond acceptors (Lipinski definition) is 4. The fraction of sp³-hybridized carbons (Fsp3) is 0.381. The Balaban J connectivity index is 2.57. The molecule has 0 fully saturated rings. The van der Waals surface area contributed by atoms with Crippen molar-refractivity contribution in [3.8, 4) is 5.88 Å². The summed E-state index contributed by atoms with van der Waals surface area (Å²) >= 11 is 0. The molecular weight excluding hydrogens is 413 g/mol. The lowest BCUT2D eigenvalue weighted by Gasteiger charge is -2.33. The summed E-state index contributed by atoms with van der Waals surface area (Å²) in [5, 5.41) is 4.64. The molecule has 2 rings (SSSR count). The number of carbonyl (C=O) groups excluding carboxylic acids is 2. The van der Waals surface area contributed by atoms with Gasteiger partial charge in [-0.2, -0.15) is 18.2 Å². The molecule has 2 N–H and O–H groups in total. The summed E-state index contributed by atoms with van der Waals surface area (Å²) in [7, 11) is 0. The topological polar surface area (TPSA) is 83.6 Å². The summed E-state index contributed by atoms with van der Waals surface area (Å²) in [6.45, 7) is 13.7. The van der Waals surface area contributed by atoms with Gasteiger partial charge in [-0.3, -0.25) is 15.0 Å². The van der Waals surface area contributed by atoms with Crippen molar-refractivity contribution in [3.05, 3.63) is 48.6 Å². The Labute approximate surface area is 178 Å². The zero-order chi connectivity index (χ0) is 23.6. The molecule has 0 aliphatic carbocycles. The summed E-state index contributed by atoms with van der Waals surface area (Å²) < 4.78 is 46.7. The molecule has 1 aliphatic rings. The Bertz CT molecular complexity index is 933. The Morgan fingerprint density at radius 3 is 2.48 bits per heavy atom. The average molecular weight is 438 g/mol. The molecule has 1 atom stereocenters. The Kier molecular flexibility index (Phi) is 6.83. The van der Waals surface area contributed by atoms with E-state index in [-0.39, 0.29) is 18.1 Å². The summed E-state index contributed by atoms with van der Waals surface area (Å²) in [5.74, 6) is -1.46. The minimum Gasteiger partial charge on any atom is -0.463 e. The molecule has 0 radical (unpaired) electrons. The number of alkyl halides is 3. The van der Waals surface area contributed by atoms with Crippen molar-refractivity contribution in [2.24, 2.45) is 0 Å². The maximum absolute atomic E-state index is 13.8. The number of halogens is 3. The number of aromatic nitrogens is 1. The highest BCUT2D eigenvalue weighted by molar-refractivity contribution is 6.00. The van der Waals surface area contributed by atoms with Crippen LogP contribution in [0.15, 0.2) is 43.0 Å². The molecule has 0 spiro atoms. The fourth-order valence-corrected chi connectivity index (χ4v) is 2.80. The summed E-state index contributed by atoms with van der Waals surface area (Å²) in [6, 6.07) is -0.113. The van der Waals surface area contributed by atoms with Gasteiger partial charge in [0.1, 0.15) is 11.3 Å². The van der Waals surface area contributed by atoms with Crippen LogP contribution in [0.3, 0.4) is 0 Å². The lowest BCUT2D eigenvalue weighted by atomic mass is 10.1. The second-order valence-electron chi connectivity index (χ2n) is 7.90. The van der Waals surface area contributed by atoms with Gasteiger partial charge < -0.3 is 10.1 Å². The molecule has 0 bridgehead atoms. The van der Waals surface area contributed by atoms with Gasteiger partial charge in [-0.1, -0.05) is 31.4 Å². The number of urea groups is 1. The number of rotatable bonds is 5. The molecule has 2 heterocycles. The van der Waals surface area contributed by atoms with Crippen molar-refractivity contribution in [3.63, 3.8) is 0 Å². The molecule has 3 amide bonds. The third-order valence-corrected chi connectivity index (χ3v) is 4.12. The molecule has 1 aromatic heterocycles. The number of nitrogens with one attached hydrogen (secondary N) is 2. The maximum Gasteiger partial charge on any atom is 0.420 e. The van der Waals surface area contributed by atoms with Crippen LogP contribution in [-0.4, -0.2) is 35.1 Å². The Morgan fingerprint density at radius 2 is 1.97 bits per heavy atom. The van der Waals surface area contributed by atoms with E-state index in [0.717, 1.165) is 11.0 Å². The van der Waals surface area contributed by atoms with Gasteiger partial charge in [0.25, 0.3) is 5.91 Å². The highest BCUT2D eigenvalue weighted by Crippen LogP contribution is 2.42.